The van der Waals surface area contributed by atoms with Crippen LogP contribution in [0.25, 0.3) is 10.6 Å². The average molecular weight is 431 g/mol. The Morgan fingerprint density at radius 3 is 2.17 bits per heavy atom. The lowest BCUT2D eigenvalue weighted by Crippen LogP contribution is -2.41. The number of sulfonamides is 1. The number of hydrogen-bond acceptors (Lipinski definition) is 6. The highest BCUT2D eigenvalue weighted by molar-refractivity contribution is 7.92. The number of carbonyl (C=O) groups excluding carboxylic acids is 2. The van der Waals surface area contributed by atoms with Crippen molar-refractivity contribution in [2.45, 2.75) is 6.92 Å². The van der Waals surface area contributed by atoms with E-state index in [-0.39, 0.29) is 5.56 Å². The number of thiazole rings is 1. The molecule has 0 atom stereocenters. The van der Waals surface area contributed by atoms with Gasteiger partial charge < -0.3 is 0 Å². The van der Waals surface area contributed by atoms with Crippen molar-refractivity contribution >= 4 is 38.9 Å². The van der Waals surface area contributed by atoms with Crippen molar-refractivity contribution < 1.29 is 18.0 Å². The summed E-state index contributed by atoms with van der Waals surface area (Å²) in [6.07, 6.45) is 1.04. The van der Waals surface area contributed by atoms with Gasteiger partial charge >= 0.3 is 0 Å². The molecule has 0 radical (unpaired) electrons. The van der Waals surface area contributed by atoms with Gasteiger partial charge in [0.25, 0.3) is 11.8 Å². The topological polar surface area (TPSA) is 117 Å². The van der Waals surface area contributed by atoms with E-state index in [0.717, 1.165) is 11.8 Å². The number of nitrogens with one attached hydrogen (secondary N) is 3. The predicted octanol–water partition coefficient (Wildman–Crippen LogP) is 2.56. The summed E-state index contributed by atoms with van der Waals surface area (Å²) < 4.78 is 24.7. The van der Waals surface area contributed by atoms with Gasteiger partial charge in [0.15, 0.2) is 0 Å². The molecule has 29 heavy (non-hydrogen) atoms. The Labute approximate surface area is 172 Å². The van der Waals surface area contributed by atoms with E-state index in [9.17, 15) is 18.0 Å². The summed E-state index contributed by atoms with van der Waals surface area (Å²) >= 11 is 1.24. The molecule has 0 aliphatic carbocycles. The van der Waals surface area contributed by atoms with Crippen LogP contribution in [0.3, 0.4) is 0 Å². The maximum atomic E-state index is 12.4. The zero-order valence-electron chi connectivity index (χ0n) is 15.6. The normalized spacial score (nSPS) is 11.0. The second-order valence-electron chi connectivity index (χ2n) is 6.16. The molecule has 1 aromatic heterocycles. The number of amides is 2. The molecule has 1 heterocycles. The van der Waals surface area contributed by atoms with Crippen molar-refractivity contribution in [1.82, 2.24) is 15.8 Å². The number of rotatable bonds is 5. The van der Waals surface area contributed by atoms with Crippen LogP contribution in [0.4, 0.5) is 5.69 Å². The first-order chi connectivity index (χ1) is 13.7. The number of benzene rings is 2. The van der Waals surface area contributed by atoms with Crippen molar-refractivity contribution in [1.29, 1.82) is 0 Å². The standard InChI is InChI=1S/C19H18N4O4S2/c1-12-16(28-19(20-12)14-6-4-3-5-7-14)18(25)22-21-17(24)13-8-10-15(11-9-13)23-29(2,26)27/h3-11,23H,1-2H3,(H,21,24)(H,22,25). The van der Waals surface area contributed by atoms with Gasteiger partial charge in [-0.25, -0.2) is 13.4 Å². The van der Waals surface area contributed by atoms with E-state index < -0.39 is 21.8 Å². The summed E-state index contributed by atoms with van der Waals surface area (Å²) in [5, 5.41) is 0.716. The molecule has 8 nitrogen and oxygen atoms in total. The highest BCUT2D eigenvalue weighted by atomic mass is 32.2. The van der Waals surface area contributed by atoms with Crippen LogP contribution in [0.1, 0.15) is 25.7 Å². The molecule has 0 saturated heterocycles. The Bertz CT molecular complexity index is 1140. The predicted molar refractivity (Wildman–Crippen MR) is 112 cm³/mol. The van der Waals surface area contributed by atoms with Crippen molar-refractivity contribution in [2.24, 2.45) is 0 Å². The Balaban J connectivity index is 1.63. The maximum Gasteiger partial charge on any atom is 0.281 e. The smallest absolute Gasteiger partial charge is 0.281 e. The molecular formula is C19H18N4O4S2. The molecule has 3 rings (SSSR count). The number of nitrogens with zero attached hydrogens (tertiary/aromatic N) is 1. The molecule has 0 aliphatic rings. The molecule has 0 aliphatic heterocycles. The van der Waals surface area contributed by atoms with Crippen LogP contribution in [-0.4, -0.2) is 31.5 Å². The minimum Gasteiger partial charge on any atom is -0.284 e. The third-order valence-corrected chi connectivity index (χ3v) is 5.58. The molecule has 0 fully saturated rings. The Kier molecular flexibility index (Phi) is 5.95. The number of hydrogen-bond donors (Lipinski definition) is 3. The average Bonchev–Trinajstić information content (AvgIpc) is 3.08. The van der Waals surface area contributed by atoms with Crippen molar-refractivity contribution in [3.8, 4) is 10.6 Å². The summed E-state index contributed by atoms with van der Waals surface area (Å²) in [4.78, 5) is 29.5. The van der Waals surface area contributed by atoms with Crippen molar-refractivity contribution in [2.75, 3.05) is 11.0 Å². The number of hydrazine groups is 1. The van der Waals surface area contributed by atoms with Gasteiger partial charge in [-0.2, -0.15) is 0 Å². The van der Waals surface area contributed by atoms with E-state index in [1.54, 1.807) is 6.92 Å². The fourth-order valence-corrected chi connectivity index (χ4v) is 3.99. The third kappa shape index (κ3) is 5.39. The van der Waals surface area contributed by atoms with Gasteiger partial charge in [-0.05, 0) is 31.2 Å². The van der Waals surface area contributed by atoms with Gasteiger partial charge in [0.05, 0.1) is 11.9 Å². The minimum absolute atomic E-state index is 0.260. The second kappa shape index (κ2) is 8.41. The summed E-state index contributed by atoms with van der Waals surface area (Å²) in [5.41, 5.74) is 6.79. The summed E-state index contributed by atoms with van der Waals surface area (Å²) in [5.74, 6) is -0.999. The lowest BCUT2D eigenvalue weighted by molar-refractivity contribution is 0.0848. The SMILES string of the molecule is Cc1nc(-c2ccccc2)sc1C(=O)NNC(=O)c1ccc(NS(C)(=O)=O)cc1. The van der Waals surface area contributed by atoms with E-state index in [2.05, 4.69) is 20.6 Å². The van der Waals surface area contributed by atoms with Crippen LogP contribution in [-0.2, 0) is 10.0 Å². The highest BCUT2D eigenvalue weighted by Gasteiger charge is 2.17. The maximum absolute atomic E-state index is 12.4. The molecule has 2 amide bonds. The molecule has 2 aromatic carbocycles. The van der Waals surface area contributed by atoms with Crippen molar-refractivity contribution in [3.63, 3.8) is 0 Å². The van der Waals surface area contributed by atoms with E-state index in [1.165, 1.54) is 35.6 Å². The molecule has 0 unspecified atom stereocenters. The first-order valence-corrected chi connectivity index (χ1v) is 11.1. The van der Waals surface area contributed by atoms with Gasteiger partial charge in [0.2, 0.25) is 10.0 Å². The lowest BCUT2D eigenvalue weighted by atomic mass is 10.2. The van der Waals surface area contributed by atoms with Crippen LogP contribution in [0, 0.1) is 6.92 Å². The zero-order valence-corrected chi connectivity index (χ0v) is 17.2. The monoisotopic (exact) mass is 430 g/mol. The number of aromatic nitrogens is 1. The minimum atomic E-state index is -3.40. The van der Waals surface area contributed by atoms with E-state index in [4.69, 9.17) is 0 Å². The van der Waals surface area contributed by atoms with Gasteiger partial charge in [-0.1, -0.05) is 30.3 Å². The molecule has 0 bridgehead atoms. The largest absolute Gasteiger partial charge is 0.284 e. The lowest BCUT2D eigenvalue weighted by Gasteiger charge is -2.08. The van der Waals surface area contributed by atoms with E-state index in [0.29, 0.717) is 21.3 Å². The molecular weight excluding hydrogens is 412 g/mol. The Morgan fingerprint density at radius 1 is 0.931 bits per heavy atom. The molecule has 10 heteroatoms. The zero-order chi connectivity index (χ0) is 21.0. The van der Waals surface area contributed by atoms with Crippen LogP contribution >= 0.6 is 11.3 Å². The first-order valence-electron chi connectivity index (χ1n) is 8.44. The van der Waals surface area contributed by atoms with Crippen molar-refractivity contribution in [3.05, 3.63) is 70.7 Å². The van der Waals surface area contributed by atoms with Crippen LogP contribution in [0.15, 0.2) is 54.6 Å². The summed E-state index contributed by atoms with van der Waals surface area (Å²) in [7, 11) is -3.40. The molecule has 0 saturated carbocycles. The van der Waals surface area contributed by atoms with E-state index in [1.807, 2.05) is 30.3 Å². The van der Waals surface area contributed by atoms with Crippen LogP contribution in [0.2, 0.25) is 0 Å². The second-order valence-corrected chi connectivity index (χ2v) is 8.91. The van der Waals surface area contributed by atoms with E-state index >= 15 is 0 Å². The first kappa shape index (κ1) is 20.5. The third-order valence-electron chi connectivity index (χ3n) is 3.76. The van der Waals surface area contributed by atoms with Crippen LogP contribution < -0.4 is 15.6 Å². The quantitative estimate of drug-likeness (QED) is 0.538. The van der Waals surface area contributed by atoms with Gasteiger partial charge in [0.1, 0.15) is 9.88 Å². The molecule has 3 N–H and O–H groups in total. The highest BCUT2D eigenvalue weighted by Crippen LogP contribution is 2.27. The Hall–Kier alpha value is -3.24. The fourth-order valence-electron chi connectivity index (χ4n) is 2.46. The Morgan fingerprint density at radius 2 is 1.55 bits per heavy atom. The number of carbonyl (C=O) groups is 2. The molecule has 3 aromatic rings. The van der Waals surface area contributed by atoms with Gasteiger partial charge in [0, 0.05) is 16.8 Å². The molecule has 0 spiro atoms. The number of aryl methyl sites for hydroxylation is 1. The van der Waals surface area contributed by atoms with Crippen LogP contribution in [0.5, 0.6) is 0 Å². The molecule has 150 valence electrons. The summed E-state index contributed by atoms with van der Waals surface area (Å²) in [6, 6.07) is 15.3. The number of anilines is 1. The fraction of sp³-hybridized carbons (Fsp3) is 0.105. The summed E-state index contributed by atoms with van der Waals surface area (Å²) in [6.45, 7) is 1.73. The van der Waals surface area contributed by atoms with Gasteiger partial charge in [-0.15, -0.1) is 11.3 Å². The van der Waals surface area contributed by atoms with Gasteiger partial charge in [-0.3, -0.25) is 25.2 Å².